The second kappa shape index (κ2) is 6.71. The molecule has 0 radical (unpaired) electrons. The molecule has 0 aliphatic heterocycles. The van der Waals surface area contributed by atoms with Gasteiger partial charge in [0.05, 0.1) is 32.7 Å². The maximum atomic E-state index is 12.3. The maximum absolute atomic E-state index is 12.3. The van der Waals surface area contributed by atoms with Gasteiger partial charge >= 0.3 is 0 Å². The minimum absolute atomic E-state index is 0.311. The van der Waals surface area contributed by atoms with E-state index in [9.17, 15) is 4.79 Å². The molecule has 1 amide bonds. The number of nitrogens with two attached hydrogens (primary N) is 1. The number of nitrogens with one attached hydrogen (secondary N) is 1. The summed E-state index contributed by atoms with van der Waals surface area (Å²) in [5, 5.41) is 2.75. The first-order chi connectivity index (χ1) is 10.6. The smallest absolute Gasteiger partial charge is 0.255 e. The Hall–Kier alpha value is -2.89. The summed E-state index contributed by atoms with van der Waals surface area (Å²) in [6.07, 6.45) is 0. The molecule has 0 aliphatic carbocycles. The summed E-state index contributed by atoms with van der Waals surface area (Å²) in [6.45, 7) is 0. The van der Waals surface area contributed by atoms with Crippen LogP contribution in [0.5, 0.6) is 17.2 Å². The molecule has 2 rings (SSSR count). The van der Waals surface area contributed by atoms with Gasteiger partial charge in [-0.25, -0.2) is 0 Å². The number of ether oxygens (including phenoxy) is 3. The first kappa shape index (κ1) is 15.5. The molecule has 2 aromatic rings. The zero-order valence-corrected chi connectivity index (χ0v) is 12.7. The van der Waals surface area contributed by atoms with Gasteiger partial charge in [-0.3, -0.25) is 4.79 Å². The highest BCUT2D eigenvalue weighted by atomic mass is 16.5. The van der Waals surface area contributed by atoms with Crippen molar-refractivity contribution < 1.29 is 19.0 Å². The van der Waals surface area contributed by atoms with Crippen molar-refractivity contribution in [3.05, 3.63) is 42.0 Å². The molecule has 6 nitrogen and oxygen atoms in total. The molecule has 0 heterocycles. The fraction of sp³-hybridized carbons (Fsp3) is 0.188. The molecule has 0 unspecified atom stereocenters. The summed E-state index contributed by atoms with van der Waals surface area (Å²) in [5.41, 5.74) is 7.23. The van der Waals surface area contributed by atoms with Gasteiger partial charge < -0.3 is 25.3 Å². The Morgan fingerprint density at radius 1 is 0.909 bits per heavy atom. The fourth-order valence-corrected chi connectivity index (χ4v) is 1.91. The van der Waals surface area contributed by atoms with Crippen LogP contribution < -0.4 is 25.3 Å². The largest absolute Gasteiger partial charge is 0.497 e. The topological polar surface area (TPSA) is 82.8 Å². The van der Waals surface area contributed by atoms with Gasteiger partial charge in [0, 0.05) is 17.7 Å². The van der Waals surface area contributed by atoms with Gasteiger partial charge in [-0.1, -0.05) is 0 Å². The van der Waals surface area contributed by atoms with E-state index in [2.05, 4.69) is 5.32 Å². The van der Waals surface area contributed by atoms with Crippen LogP contribution in [0.4, 0.5) is 11.4 Å². The number of amides is 1. The molecular formula is C16H18N2O4. The van der Waals surface area contributed by atoms with Crippen LogP contribution in [-0.2, 0) is 0 Å². The third kappa shape index (κ3) is 3.41. The van der Waals surface area contributed by atoms with Crippen molar-refractivity contribution in [3.8, 4) is 17.2 Å². The van der Waals surface area contributed by atoms with E-state index in [1.165, 1.54) is 14.2 Å². The summed E-state index contributed by atoms with van der Waals surface area (Å²) < 4.78 is 15.4. The van der Waals surface area contributed by atoms with E-state index in [0.717, 1.165) is 0 Å². The molecular weight excluding hydrogens is 284 g/mol. The van der Waals surface area contributed by atoms with Gasteiger partial charge in [0.2, 0.25) is 0 Å². The quantitative estimate of drug-likeness (QED) is 0.829. The van der Waals surface area contributed by atoms with Gasteiger partial charge in [-0.2, -0.15) is 0 Å². The van der Waals surface area contributed by atoms with E-state index in [4.69, 9.17) is 19.9 Å². The third-order valence-corrected chi connectivity index (χ3v) is 3.12. The monoisotopic (exact) mass is 302 g/mol. The van der Waals surface area contributed by atoms with Crippen LogP contribution in [0.15, 0.2) is 36.4 Å². The Morgan fingerprint density at radius 3 is 2.00 bits per heavy atom. The van der Waals surface area contributed by atoms with Crippen LogP contribution in [0.1, 0.15) is 10.4 Å². The standard InChI is InChI=1S/C16H18N2O4/c1-20-11-4-5-15(14(17)9-11)18-16(19)10-6-12(21-2)8-13(7-10)22-3/h4-9H,17H2,1-3H3,(H,18,19). The Labute approximate surface area is 128 Å². The number of carbonyl (C=O) groups excluding carboxylic acids is 1. The zero-order chi connectivity index (χ0) is 16.1. The summed E-state index contributed by atoms with van der Waals surface area (Å²) in [5.74, 6) is 1.38. The number of carbonyl (C=O) groups is 1. The molecule has 6 heteroatoms. The van der Waals surface area contributed by atoms with E-state index >= 15 is 0 Å². The van der Waals surface area contributed by atoms with E-state index in [1.54, 1.807) is 43.5 Å². The van der Waals surface area contributed by atoms with E-state index < -0.39 is 0 Å². The number of benzene rings is 2. The number of methoxy groups -OCH3 is 3. The molecule has 0 fully saturated rings. The highest BCUT2D eigenvalue weighted by Crippen LogP contribution is 2.26. The minimum Gasteiger partial charge on any atom is -0.497 e. The Kier molecular flexibility index (Phi) is 4.73. The van der Waals surface area contributed by atoms with Crippen LogP contribution >= 0.6 is 0 Å². The van der Waals surface area contributed by atoms with Crippen LogP contribution in [0.25, 0.3) is 0 Å². The SMILES string of the molecule is COc1cc(OC)cc(C(=O)Nc2ccc(OC)cc2N)c1. The average Bonchev–Trinajstić information content (AvgIpc) is 2.55. The Bertz CT molecular complexity index is 664. The van der Waals surface area contributed by atoms with Gasteiger partial charge in [0.1, 0.15) is 17.2 Å². The molecule has 0 aromatic heterocycles. The van der Waals surface area contributed by atoms with Crippen molar-refractivity contribution in [2.75, 3.05) is 32.4 Å². The lowest BCUT2D eigenvalue weighted by Gasteiger charge is -2.11. The van der Waals surface area contributed by atoms with Crippen molar-refractivity contribution in [2.45, 2.75) is 0 Å². The number of rotatable bonds is 5. The van der Waals surface area contributed by atoms with Crippen LogP contribution in [0.3, 0.4) is 0 Å². The lowest BCUT2D eigenvalue weighted by atomic mass is 10.1. The lowest BCUT2D eigenvalue weighted by molar-refractivity contribution is 0.102. The molecule has 3 N–H and O–H groups in total. The summed E-state index contributed by atoms with van der Waals surface area (Å²) in [4.78, 5) is 12.3. The predicted molar refractivity (Wildman–Crippen MR) is 84.9 cm³/mol. The van der Waals surface area contributed by atoms with Crippen LogP contribution in [0.2, 0.25) is 0 Å². The summed E-state index contributed by atoms with van der Waals surface area (Å²) >= 11 is 0. The highest BCUT2D eigenvalue weighted by Gasteiger charge is 2.12. The van der Waals surface area contributed by atoms with Gasteiger partial charge in [-0.15, -0.1) is 0 Å². The molecule has 0 aliphatic rings. The highest BCUT2D eigenvalue weighted by molar-refractivity contribution is 6.06. The molecule has 0 spiro atoms. The number of hydrogen-bond acceptors (Lipinski definition) is 5. The summed E-state index contributed by atoms with van der Waals surface area (Å²) in [7, 11) is 4.60. The van der Waals surface area contributed by atoms with Crippen molar-refractivity contribution in [1.29, 1.82) is 0 Å². The number of hydrogen-bond donors (Lipinski definition) is 2. The molecule has 116 valence electrons. The van der Waals surface area contributed by atoms with E-state index in [1.807, 2.05) is 0 Å². The first-order valence-electron chi connectivity index (χ1n) is 6.55. The first-order valence-corrected chi connectivity index (χ1v) is 6.55. The molecule has 22 heavy (non-hydrogen) atoms. The van der Waals surface area contributed by atoms with E-state index in [-0.39, 0.29) is 5.91 Å². The molecule has 0 bridgehead atoms. The molecule has 0 atom stereocenters. The van der Waals surface area contributed by atoms with E-state index in [0.29, 0.717) is 34.2 Å². The van der Waals surface area contributed by atoms with Crippen molar-refractivity contribution in [1.82, 2.24) is 0 Å². The maximum Gasteiger partial charge on any atom is 0.255 e. The lowest BCUT2D eigenvalue weighted by Crippen LogP contribution is -2.13. The number of anilines is 2. The Morgan fingerprint density at radius 2 is 1.50 bits per heavy atom. The number of nitrogen functional groups attached to an aromatic ring is 1. The van der Waals surface area contributed by atoms with Gasteiger partial charge in [0.25, 0.3) is 5.91 Å². The van der Waals surface area contributed by atoms with Gasteiger partial charge in [-0.05, 0) is 24.3 Å². The second-order valence-corrected chi connectivity index (χ2v) is 4.51. The zero-order valence-electron chi connectivity index (χ0n) is 12.7. The molecule has 0 saturated carbocycles. The fourth-order valence-electron chi connectivity index (χ4n) is 1.91. The summed E-state index contributed by atoms with van der Waals surface area (Å²) in [6, 6.07) is 9.98. The Balaban J connectivity index is 2.25. The molecule has 0 saturated heterocycles. The van der Waals surface area contributed by atoms with Gasteiger partial charge in [0.15, 0.2) is 0 Å². The van der Waals surface area contributed by atoms with Crippen LogP contribution in [-0.4, -0.2) is 27.2 Å². The predicted octanol–water partition coefficient (Wildman–Crippen LogP) is 2.55. The normalized spacial score (nSPS) is 9.95. The van der Waals surface area contributed by atoms with Crippen LogP contribution in [0, 0.1) is 0 Å². The average molecular weight is 302 g/mol. The second-order valence-electron chi connectivity index (χ2n) is 4.51. The van der Waals surface area contributed by atoms with Crippen molar-refractivity contribution in [2.24, 2.45) is 0 Å². The minimum atomic E-state index is -0.311. The molecule has 2 aromatic carbocycles. The third-order valence-electron chi connectivity index (χ3n) is 3.12. The van der Waals surface area contributed by atoms with Crippen molar-refractivity contribution >= 4 is 17.3 Å². The van der Waals surface area contributed by atoms with Crippen molar-refractivity contribution in [3.63, 3.8) is 0 Å².